The van der Waals surface area contributed by atoms with E-state index in [1.165, 1.54) is 0 Å². The number of aromatic nitrogens is 3. The maximum Gasteiger partial charge on any atom is 0.229 e. The van der Waals surface area contributed by atoms with Crippen LogP contribution in [0.25, 0.3) is 22.4 Å². The lowest BCUT2D eigenvalue weighted by Gasteiger charge is -2.26. The number of hydrogen-bond acceptors (Lipinski definition) is 8. The van der Waals surface area contributed by atoms with Gasteiger partial charge in [-0.3, -0.25) is 9.71 Å². The molecule has 0 aliphatic heterocycles. The highest BCUT2D eigenvalue weighted by atomic mass is 35.5. The van der Waals surface area contributed by atoms with E-state index in [4.69, 9.17) is 27.1 Å². The fraction of sp³-hybridized carbons (Fsp3) is 0.250. The zero-order chi connectivity index (χ0) is 27.4. The maximum atomic E-state index is 11.5. The van der Waals surface area contributed by atoms with Crippen LogP contribution in [-0.4, -0.2) is 41.7 Å². The summed E-state index contributed by atoms with van der Waals surface area (Å²) in [7, 11) is -3.35. The first-order valence-electron chi connectivity index (χ1n) is 12.6. The van der Waals surface area contributed by atoms with Crippen molar-refractivity contribution in [1.29, 1.82) is 0 Å². The van der Waals surface area contributed by atoms with Gasteiger partial charge in [0, 0.05) is 48.0 Å². The smallest absolute Gasteiger partial charge is 0.229 e. The van der Waals surface area contributed by atoms with Crippen LogP contribution in [0.3, 0.4) is 0 Å². The summed E-state index contributed by atoms with van der Waals surface area (Å²) >= 11 is 6.61. The van der Waals surface area contributed by atoms with Crippen LogP contribution in [0.1, 0.15) is 25.7 Å². The molecule has 0 amide bonds. The summed E-state index contributed by atoms with van der Waals surface area (Å²) in [6, 6.07) is 16.6. The average molecular weight is 565 g/mol. The van der Waals surface area contributed by atoms with E-state index in [0.29, 0.717) is 39.9 Å². The second-order valence-corrected chi connectivity index (χ2v) is 11.7. The molecule has 39 heavy (non-hydrogen) atoms. The second kappa shape index (κ2) is 11.6. The summed E-state index contributed by atoms with van der Waals surface area (Å²) in [6.45, 7) is 0. The van der Waals surface area contributed by atoms with Crippen molar-refractivity contribution >= 4 is 33.3 Å². The molecule has 2 heterocycles. The van der Waals surface area contributed by atoms with Crippen molar-refractivity contribution in [1.82, 2.24) is 15.0 Å². The van der Waals surface area contributed by atoms with Gasteiger partial charge in [0.25, 0.3) is 0 Å². The number of halogens is 1. The van der Waals surface area contributed by atoms with E-state index in [2.05, 4.69) is 20.0 Å². The summed E-state index contributed by atoms with van der Waals surface area (Å²) in [5.74, 6) is 1.70. The fourth-order valence-electron chi connectivity index (χ4n) is 4.54. The highest BCUT2D eigenvalue weighted by Gasteiger charge is 2.19. The van der Waals surface area contributed by atoms with Gasteiger partial charge in [0.05, 0.1) is 22.5 Å². The predicted octanol–water partition coefficient (Wildman–Crippen LogP) is 5.70. The topological polar surface area (TPSA) is 132 Å². The highest BCUT2D eigenvalue weighted by molar-refractivity contribution is 7.92. The number of sulfonamides is 1. The summed E-state index contributed by atoms with van der Waals surface area (Å²) in [5, 5.41) is 3.93. The molecular formula is C28H29ClN6O3S. The number of rotatable bonds is 8. The van der Waals surface area contributed by atoms with Crippen LogP contribution in [0.5, 0.6) is 11.5 Å². The Kier molecular flexibility index (Phi) is 7.97. The molecule has 2 aromatic carbocycles. The lowest BCUT2D eigenvalue weighted by molar-refractivity contribution is 0.410. The minimum absolute atomic E-state index is 0.276. The summed E-state index contributed by atoms with van der Waals surface area (Å²) in [5.41, 5.74) is 9.56. The van der Waals surface area contributed by atoms with Gasteiger partial charge in [0.15, 0.2) is 0 Å². The van der Waals surface area contributed by atoms with Crippen LogP contribution < -0.4 is 20.5 Å². The van der Waals surface area contributed by atoms with Crippen molar-refractivity contribution in [3.8, 4) is 33.9 Å². The third kappa shape index (κ3) is 7.03. The molecule has 4 N–H and O–H groups in total. The molecule has 0 bridgehead atoms. The van der Waals surface area contributed by atoms with Crippen LogP contribution >= 0.6 is 11.6 Å². The molecule has 0 radical (unpaired) electrons. The minimum atomic E-state index is -3.35. The first kappa shape index (κ1) is 26.9. The number of anilines is 2. The van der Waals surface area contributed by atoms with Gasteiger partial charge in [0.1, 0.15) is 11.5 Å². The number of nitrogens with one attached hydrogen (secondary N) is 2. The molecule has 0 spiro atoms. The molecule has 9 nitrogen and oxygen atoms in total. The molecule has 0 saturated heterocycles. The van der Waals surface area contributed by atoms with Crippen molar-refractivity contribution in [3.63, 3.8) is 0 Å². The predicted molar refractivity (Wildman–Crippen MR) is 155 cm³/mol. The first-order chi connectivity index (χ1) is 18.7. The van der Waals surface area contributed by atoms with Gasteiger partial charge in [-0.2, -0.15) is 0 Å². The molecule has 1 aliphatic rings. The van der Waals surface area contributed by atoms with Gasteiger partial charge < -0.3 is 15.8 Å². The third-order valence-corrected chi connectivity index (χ3v) is 7.40. The standard InChI is InChI=1S/C28H29ClN6O3S/c1-39(36,37)35-21-6-2-18(3-7-21)23-11-10-22(16-25(23)29)38-27-13-14-31-17-24(27)26-12-15-32-28(34-26)33-20-8-4-19(30)5-9-20/h2-3,6-7,10-17,19-20,35H,4-5,8-9,30H2,1H3,(H,32,33,34). The van der Waals surface area contributed by atoms with E-state index >= 15 is 0 Å². The van der Waals surface area contributed by atoms with E-state index < -0.39 is 10.0 Å². The fourth-order valence-corrected chi connectivity index (χ4v) is 5.38. The Morgan fingerprint density at radius 3 is 2.46 bits per heavy atom. The van der Waals surface area contributed by atoms with E-state index in [0.717, 1.165) is 48.6 Å². The van der Waals surface area contributed by atoms with Gasteiger partial charge in [0.2, 0.25) is 16.0 Å². The lowest BCUT2D eigenvalue weighted by atomic mass is 9.92. The number of nitrogens with zero attached hydrogens (tertiary/aromatic N) is 3. The Bertz CT molecular complexity index is 1560. The van der Waals surface area contributed by atoms with Crippen molar-refractivity contribution < 1.29 is 13.2 Å². The van der Waals surface area contributed by atoms with Crippen molar-refractivity contribution in [2.75, 3.05) is 16.3 Å². The van der Waals surface area contributed by atoms with Gasteiger partial charge >= 0.3 is 0 Å². The Balaban J connectivity index is 1.33. The van der Waals surface area contributed by atoms with Crippen LogP contribution in [0.15, 0.2) is 73.2 Å². The Morgan fingerprint density at radius 2 is 1.74 bits per heavy atom. The molecule has 1 aliphatic carbocycles. The first-order valence-corrected chi connectivity index (χ1v) is 14.9. The molecule has 202 valence electrons. The Labute approximate surface area is 232 Å². The highest BCUT2D eigenvalue weighted by Crippen LogP contribution is 2.36. The molecule has 4 aromatic rings. The number of benzene rings is 2. The lowest BCUT2D eigenvalue weighted by Crippen LogP contribution is -2.33. The maximum absolute atomic E-state index is 11.5. The SMILES string of the molecule is CS(=O)(=O)Nc1ccc(-c2ccc(Oc3ccncc3-c3ccnc(NC4CCC(N)CC4)n3)cc2Cl)cc1. The van der Waals surface area contributed by atoms with Crippen molar-refractivity contribution in [2.45, 2.75) is 37.8 Å². The number of ether oxygens (including phenoxy) is 1. The number of pyridine rings is 1. The summed E-state index contributed by atoms with van der Waals surface area (Å²) in [4.78, 5) is 13.4. The Hall–Kier alpha value is -3.73. The van der Waals surface area contributed by atoms with Crippen LogP contribution in [0, 0.1) is 0 Å². The number of hydrogen-bond donors (Lipinski definition) is 3. The largest absolute Gasteiger partial charge is 0.456 e. The molecule has 1 fully saturated rings. The Morgan fingerprint density at radius 1 is 0.974 bits per heavy atom. The summed E-state index contributed by atoms with van der Waals surface area (Å²) in [6.07, 6.45) is 10.2. The molecule has 2 aromatic heterocycles. The van der Waals surface area contributed by atoms with Crippen LogP contribution in [-0.2, 0) is 10.0 Å². The zero-order valence-electron chi connectivity index (χ0n) is 21.3. The summed E-state index contributed by atoms with van der Waals surface area (Å²) < 4.78 is 31.6. The van der Waals surface area contributed by atoms with E-state index in [1.807, 2.05) is 18.2 Å². The van der Waals surface area contributed by atoms with E-state index in [-0.39, 0.29) is 6.04 Å². The molecule has 5 rings (SSSR count). The number of nitrogens with two attached hydrogens (primary N) is 1. The molecule has 0 atom stereocenters. The quantitative estimate of drug-likeness (QED) is 0.248. The van der Waals surface area contributed by atoms with Crippen molar-refractivity contribution in [2.24, 2.45) is 5.73 Å². The molecular weight excluding hydrogens is 536 g/mol. The van der Waals surface area contributed by atoms with Gasteiger partial charge in [-0.1, -0.05) is 23.7 Å². The second-order valence-electron chi connectivity index (χ2n) is 9.59. The van der Waals surface area contributed by atoms with Gasteiger partial charge in [-0.15, -0.1) is 0 Å². The van der Waals surface area contributed by atoms with Gasteiger partial charge in [-0.05, 0) is 67.6 Å². The van der Waals surface area contributed by atoms with E-state index in [9.17, 15) is 8.42 Å². The minimum Gasteiger partial charge on any atom is -0.456 e. The van der Waals surface area contributed by atoms with Crippen molar-refractivity contribution in [3.05, 3.63) is 78.2 Å². The third-order valence-electron chi connectivity index (χ3n) is 6.49. The normalized spacial score (nSPS) is 17.4. The van der Waals surface area contributed by atoms with Crippen LogP contribution in [0.2, 0.25) is 5.02 Å². The zero-order valence-corrected chi connectivity index (χ0v) is 22.9. The van der Waals surface area contributed by atoms with Gasteiger partial charge in [-0.25, -0.2) is 18.4 Å². The monoisotopic (exact) mass is 564 g/mol. The van der Waals surface area contributed by atoms with E-state index in [1.54, 1.807) is 55.0 Å². The molecule has 1 saturated carbocycles. The average Bonchev–Trinajstić information content (AvgIpc) is 2.90. The van der Waals surface area contributed by atoms with Crippen LogP contribution in [0.4, 0.5) is 11.6 Å². The molecule has 11 heteroatoms. The molecule has 0 unspecified atom stereocenters.